The molecule has 1 aliphatic carbocycles. The van der Waals surface area contributed by atoms with Gasteiger partial charge in [-0.1, -0.05) is 18.2 Å². The molecular formula is C22H23N5. The summed E-state index contributed by atoms with van der Waals surface area (Å²) >= 11 is 0. The Morgan fingerprint density at radius 2 is 1.93 bits per heavy atom. The molecule has 1 saturated carbocycles. The number of pyridine rings is 1. The fraction of sp³-hybridized carbons (Fsp3) is 0.273. The lowest BCUT2D eigenvalue weighted by atomic mass is 10.1. The van der Waals surface area contributed by atoms with Crippen molar-refractivity contribution in [2.24, 2.45) is 7.05 Å². The minimum Gasteiger partial charge on any atom is -0.377 e. The molecule has 0 spiro atoms. The van der Waals surface area contributed by atoms with Crippen molar-refractivity contribution >= 4 is 11.3 Å². The second kappa shape index (κ2) is 6.27. The number of anilines is 1. The van der Waals surface area contributed by atoms with Gasteiger partial charge in [-0.05, 0) is 50.1 Å². The third kappa shape index (κ3) is 3.10. The standard InChI is InChI=1S/C22H23N5/c1-15(21-13-19(16-6-7-16)25-26(21)2)23-18-10-8-17(9-11-18)20-14-27-12-4-3-5-22(27)24-20/h3-5,8-16,23H,6-7H2,1-2H3. The van der Waals surface area contributed by atoms with Gasteiger partial charge in [-0.2, -0.15) is 5.10 Å². The average molecular weight is 357 g/mol. The van der Waals surface area contributed by atoms with Gasteiger partial charge in [-0.25, -0.2) is 4.98 Å². The molecule has 5 nitrogen and oxygen atoms in total. The van der Waals surface area contributed by atoms with E-state index in [1.807, 2.05) is 40.5 Å². The van der Waals surface area contributed by atoms with Crippen molar-refractivity contribution < 1.29 is 0 Å². The molecule has 1 fully saturated rings. The SMILES string of the molecule is CC(Nc1ccc(-c2cn3ccccc3n2)cc1)c1cc(C2CC2)nn1C. The number of fused-ring (bicyclic) bond motifs is 1. The molecule has 1 aliphatic rings. The van der Waals surface area contributed by atoms with Crippen LogP contribution in [0.2, 0.25) is 0 Å². The van der Waals surface area contributed by atoms with E-state index in [9.17, 15) is 0 Å². The van der Waals surface area contributed by atoms with Gasteiger partial charge in [0.25, 0.3) is 0 Å². The van der Waals surface area contributed by atoms with Gasteiger partial charge >= 0.3 is 0 Å². The minimum absolute atomic E-state index is 0.205. The third-order valence-electron chi connectivity index (χ3n) is 5.30. The van der Waals surface area contributed by atoms with Crippen molar-refractivity contribution in [1.29, 1.82) is 0 Å². The molecule has 0 amide bonds. The first-order chi connectivity index (χ1) is 13.2. The van der Waals surface area contributed by atoms with Gasteiger partial charge in [0.1, 0.15) is 5.65 Å². The van der Waals surface area contributed by atoms with Gasteiger partial charge < -0.3 is 9.72 Å². The quantitative estimate of drug-likeness (QED) is 0.559. The van der Waals surface area contributed by atoms with Gasteiger partial charge in [-0.3, -0.25) is 4.68 Å². The molecule has 27 heavy (non-hydrogen) atoms. The molecule has 5 heteroatoms. The number of rotatable bonds is 5. The number of hydrogen-bond donors (Lipinski definition) is 1. The summed E-state index contributed by atoms with van der Waals surface area (Å²) < 4.78 is 4.06. The van der Waals surface area contributed by atoms with Crippen LogP contribution >= 0.6 is 0 Å². The van der Waals surface area contributed by atoms with Crippen molar-refractivity contribution in [2.75, 3.05) is 5.32 Å². The van der Waals surface area contributed by atoms with Crippen LogP contribution in [-0.4, -0.2) is 19.2 Å². The fourth-order valence-electron chi connectivity index (χ4n) is 3.62. The Morgan fingerprint density at radius 1 is 1.11 bits per heavy atom. The molecule has 3 heterocycles. The number of nitrogens with zero attached hydrogens (tertiary/aromatic N) is 4. The molecule has 3 aromatic heterocycles. The lowest BCUT2D eigenvalue weighted by Crippen LogP contribution is -2.11. The molecule has 1 N–H and O–H groups in total. The topological polar surface area (TPSA) is 47.1 Å². The molecule has 0 radical (unpaired) electrons. The molecule has 5 rings (SSSR count). The molecule has 1 unspecified atom stereocenters. The second-order valence-corrected chi connectivity index (χ2v) is 7.43. The molecule has 1 atom stereocenters. The van der Waals surface area contributed by atoms with Crippen LogP contribution in [0.15, 0.2) is 60.9 Å². The first-order valence-corrected chi connectivity index (χ1v) is 9.52. The molecule has 0 saturated heterocycles. The van der Waals surface area contributed by atoms with E-state index < -0.39 is 0 Å². The van der Waals surface area contributed by atoms with Crippen LogP contribution in [0.1, 0.15) is 43.1 Å². The van der Waals surface area contributed by atoms with Crippen LogP contribution in [0, 0.1) is 0 Å². The molecular weight excluding hydrogens is 334 g/mol. The van der Waals surface area contributed by atoms with Crippen LogP contribution in [0.25, 0.3) is 16.9 Å². The fourth-order valence-corrected chi connectivity index (χ4v) is 3.62. The van der Waals surface area contributed by atoms with Crippen LogP contribution in [0.4, 0.5) is 5.69 Å². The van der Waals surface area contributed by atoms with E-state index in [4.69, 9.17) is 0 Å². The highest BCUT2D eigenvalue weighted by molar-refractivity contribution is 5.65. The minimum atomic E-state index is 0.205. The third-order valence-corrected chi connectivity index (χ3v) is 5.30. The maximum atomic E-state index is 4.69. The van der Waals surface area contributed by atoms with E-state index in [1.165, 1.54) is 24.2 Å². The lowest BCUT2D eigenvalue weighted by molar-refractivity contribution is 0.667. The molecule has 1 aromatic carbocycles. The van der Waals surface area contributed by atoms with Gasteiger partial charge in [0.2, 0.25) is 0 Å². The van der Waals surface area contributed by atoms with Crippen molar-refractivity contribution in [3.05, 3.63) is 72.3 Å². The predicted molar refractivity (Wildman–Crippen MR) is 108 cm³/mol. The van der Waals surface area contributed by atoms with Gasteiger partial charge in [0.15, 0.2) is 0 Å². The van der Waals surface area contributed by atoms with Crippen molar-refractivity contribution in [3.8, 4) is 11.3 Å². The van der Waals surface area contributed by atoms with Crippen molar-refractivity contribution in [2.45, 2.75) is 31.7 Å². The Balaban J connectivity index is 1.34. The Hall–Kier alpha value is -3.08. The lowest BCUT2D eigenvalue weighted by Gasteiger charge is -2.15. The maximum Gasteiger partial charge on any atom is 0.137 e. The highest BCUT2D eigenvalue weighted by Gasteiger charge is 2.27. The van der Waals surface area contributed by atoms with E-state index >= 15 is 0 Å². The number of aromatic nitrogens is 4. The van der Waals surface area contributed by atoms with Crippen LogP contribution < -0.4 is 5.32 Å². The van der Waals surface area contributed by atoms with E-state index in [0.29, 0.717) is 5.92 Å². The maximum absolute atomic E-state index is 4.69. The molecule has 136 valence electrons. The highest BCUT2D eigenvalue weighted by atomic mass is 15.3. The first-order valence-electron chi connectivity index (χ1n) is 9.52. The average Bonchev–Trinajstić information content (AvgIpc) is 3.31. The van der Waals surface area contributed by atoms with E-state index in [0.717, 1.165) is 22.6 Å². The largest absolute Gasteiger partial charge is 0.377 e. The number of benzene rings is 1. The van der Waals surface area contributed by atoms with E-state index in [2.05, 4.69) is 58.9 Å². The van der Waals surface area contributed by atoms with Crippen molar-refractivity contribution in [3.63, 3.8) is 0 Å². The number of imidazole rings is 1. The molecule has 0 aliphatic heterocycles. The first kappa shape index (κ1) is 16.1. The Kier molecular flexibility index (Phi) is 3.74. The zero-order chi connectivity index (χ0) is 18.4. The second-order valence-electron chi connectivity index (χ2n) is 7.43. The van der Waals surface area contributed by atoms with E-state index in [1.54, 1.807) is 0 Å². The predicted octanol–water partition coefficient (Wildman–Crippen LogP) is 4.79. The Morgan fingerprint density at radius 3 is 2.67 bits per heavy atom. The zero-order valence-electron chi connectivity index (χ0n) is 15.6. The summed E-state index contributed by atoms with van der Waals surface area (Å²) in [5.41, 5.74) is 6.63. The monoisotopic (exact) mass is 357 g/mol. The normalized spacial score (nSPS) is 15.2. The van der Waals surface area contributed by atoms with E-state index in [-0.39, 0.29) is 6.04 Å². The summed E-state index contributed by atoms with van der Waals surface area (Å²) in [4.78, 5) is 4.69. The van der Waals surface area contributed by atoms with Gasteiger partial charge in [0, 0.05) is 36.6 Å². The number of hydrogen-bond acceptors (Lipinski definition) is 3. The summed E-state index contributed by atoms with van der Waals surface area (Å²) in [6.07, 6.45) is 6.65. The Labute approximate surface area is 158 Å². The molecule has 4 aromatic rings. The summed E-state index contributed by atoms with van der Waals surface area (Å²) in [5, 5.41) is 8.27. The van der Waals surface area contributed by atoms with Crippen molar-refractivity contribution in [1.82, 2.24) is 19.2 Å². The van der Waals surface area contributed by atoms with Crippen LogP contribution in [0.5, 0.6) is 0 Å². The Bertz CT molecular complexity index is 1050. The summed E-state index contributed by atoms with van der Waals surface area (Å²) in [6.45, 7) is 2.18. The van der Waals surface area contributed by atoms with Gasteiger partial charge in [-0.15, -0.1) is 0 Å². The zero-order valence-corrected chi connectivity index (χ0v) is 15.6. The summed E-state index contributed by atoms with van der Waals surface area (Å²) in [5.74, 6) is 0.682. The number of aryl methyl sites for hydroxylation is 1. The summed E-state index contributed by atoms with van der Waals surface area (Å²) in [7, 11) is 2.03. The molecule has 0 bridgehead atoms. The van der Waals surface area contributed by atoms with Crippen LogP contribution in [0.3, 0.4) is 0 Å². The number of nitrogens with one attached hydrogen (secondary N) is 1. The highest BCUT2D eigenvalue weighted by Crippen LogP contribution is 2.40. The van der Waals surface area contributed by atoms with Crippen LogP contribution in [-0.2, 0) is 7.05 Å². The smallest absolute Gasteiger partial charge is 0.137 e. The van der Waals surface area contributed by atoms with Gasteiger partial charge in [0.05, 0.1) is 23.1 Å². The summed E-state index contributed by atoms with van der Waals surface area (Å²) in [6, 6.07) is 17.0.